The number of carbonyl (C=O) groups is 7. The summed E-state index contributed by atoms with van der Waals surface area (Å²) in [5.74, 6) is -6.23. The van der Waals surface area contributed by atoms with Gasteiger partial charge >= 0.3 is 11.9 Å². The van der Waals surface area contributed by atoms with Crippen LogP contribution in [0, 0.1) is 29.5 Å². The van der Waals surface area contributed by atoms with E-state index in [1.165, 1.54) is 52.2 Å². The number of esters is 2. The number of cyclic esters (lactones) is 2. The van der Waals surface area contributed by atoms with Crippen LogP contribution < -0.4 is 21.7 Å². The molecule has 0 aromatic heterocycles. The highest BCUT2D eigenvalue weighted by Crippen LogP contribution is 2.25. The Kier molecular flexibility index (Phi) is 20.3. The topological polar surface area (TPSA) is 207 Å². The fourth-order valence-electron chi connectivity index (χ4n) is 6.82. The van der Waals surface area contributed by atoms with Crippen LogP contribution in [-0.4, -0.2) is 114 Å². The normalized spacial score (nSPS) is 28.8. The van der Waals surface area contributed by atoms with Crippen LogP contribution in [0.3, 0.4) is 0 Å². The molecule has 1 aliphatic heterocycles. The molecule has 1 unspecified atom stereocenters. The van der Waals surface area contributed by atoms with Crippen LogP contribution in [0.15, 0.2) is 35.9 Å². The number of ether oxygens (including phenoxy) is 2. The largest absolute Gasteiger partial charge is 0.460 e. The molecule has 15 nitrogen and oxygen atoms in total. The van der Waals surface area contributed by atoms with Crippen molar-refractivity contribution < 1.29 is 47.4 Å². The Morgan fingerprint density at radius 3 is 1.97 bits per heavy atom. The van der Waals surface area contributed by atoms with Crippen molar-refractivity contribution in [3.05, 3.63) is 47.3 Å². The van der Waals surface area contributed by atoms with E-state index in [9.17, 15) is 38.0 Å². The average molecular weight is 845 g/mol. The van der Waals surface area contributed by atoms with Crippen molar-refractivity contribution in [1.29, 1.82) is 0 Å². The Bertz CT molecular complexity index is 1690. The monoisotopic (exact) mass is 845 g/mol. The van der Waals surface area contributed by atoms with Crippen molar-refractivity contribution in [1.82, 2.24) is 25.8 Å². The molecule has 0 spiro atoms. The van der Waals surface area contributed by atoms with Gasteiger partial charge in [0, 0.05) is 38.0 Å². The molecule has 1 aliphatic rings. The third-order valence-corrected chi connectivity index (χ3v) is 11.3. The first kappa shape index (κ1) is 51.3. The summed E-state index contributed by atoms with van der Waals surface area (Å²) < 4.78 is 25.5. The van der Waals surface area contributed by atoms with Crippen LogP contribution in [0.1, 0.15) is 100 Å². The number of rotatable bonds is 8. The molecule has 2 rings (SSSR count). The summed E-state index contributed by atoms with van der Waals surface area (Å²) in [6, 6.07) is 0.230. The number of hydrogen-bond acceptors (Lipinski definition) is 10. The van der Waals surface area contributed by atoms with Crippen LogP contribution in [0.4, 0.5) is 4.39 Å². The van der Waals surface area contributed by atoms with Crippen molar-refractivity contribution in [2.24, 2.45) is 29.4 Å². The maximum Gasteiger partial charge on any atom is 0.334 e. The van der Waals surface area contributed by atoms with E-state index in [0.29, 0.717) is 18.4 Å². The lowest BCUT2D eigenvalue weighted by Crippen LogP contribution is -2.57. The zero-order chi connectivity index (χ0) is 45.6. The number of nitrogens with zero attached hydrogens (tertiary/aromatic N) is 2. The van der Waals surface area contributed by atoms with Gasteiger partial charge in [0.1, 0.15) is 36.1 Å². The van der Waals surface area contributed by atoms with Crippen LogP contribution in [0.2, 0.25) is 0 Å². The van der Waals surface area contributed by atoms with Gasteiger partial charge in [-0.15, -0.1) is 0 Å². The molecule has 16 heteroatoms. The predicted molar refractivity (Wildman–Crippen MR) is 225 cm³/mol. The van der Waals surface area contributed by atoms with E-state index < -0.39 is 96.3 Å². The molecular weight excluding hydrogens is 776 g/mol. The van der Waals surface area contributed by atoms with Gasteiger partial charge in [-0.1, -0.05) is 79.5 Å². The van der Waals surface area contributed by atoms with Crippen LogP contribution >= 0.6 is 0 Å². The molecule has 0 aliphatic carbocycles. The quantitative estimate of drug-likeness (QED) is 0.281. The van der Waals surface area contributed by atoms with Crippen LogP contribution in [0.5, 0.6) is 0 Å². The molecule has 5 N–H and O–H groups in total. The number of carbonyl (C=O) groups excluding carboxylic acids is 7. The van der Waals surface area contributed by atoms with E-state index in [-0.39, 0.29) is 48.5 Å². The number of nitrogens with two attached hydrogens (primary N) is 1. The third-order valence-electron chi connectivity index (χ3n) is 11.3. The first-order valence-corrected chi connectivity index (χ1v) is 21.0. The molecule has 0 bridgehead atoms. The minimum atomic E-state index is -1.26. The molecule has 1 aromatic carbocycles. The van der Waals surface area contributed by atoms with Crippen molar-refractivity contribution in [3.63, 3.8) is 0 Å². The summed E-state index contributed by atoms with van der Waals surface area (Å²) in [5, 5.41) is 8.04. The number of benzene rings is 1. The van der Waals surface area contributed by atoms with Gasteiger partial charge in [-0.3, -0.25) is 24.0 Å². The zero-order valence-corrected chi connectivity index (χ0v) is 37.5. The molecule has 0 saturated carbocycles. The predicted octanol–water partition coefficient (Wildman–Crippen LogP) is 3.42. The summed E-state index contributed by atoms with van der Waals surface area (Å²) in [6.45, 7) is 17.0. The van der Waals surface area contributed by atoms with Gasteiger partial charge < -0.3 is 41.0 Å². The van der Waals surface area contributed by atoms with Gasteiger partial charge in [-0.25, -0.2) is 14.0 Å². The first-order chi connectivity index (χ1) is 28.0. The fourth-order valence-corrected chi connectivity index (χ4v) is 6.82. The van der Waals surface area contributed by atoms with Crippen LogP contribution in [-0.2, 0) is 49.5 Å². The van der Waals surface area contributed by atoms with E-state index in [2.05, 4.69) is 16.0 Å². The number of likely N-dealkylation sites (N-methyl/N-ethyl adjacent to an activating group) is 2. The molecule has 10 atom stereocenters. The second-order valence-electron chi connectivity index (χ2n) is 16.8. The number of hydrogen-bond donors (Lipinski definition) is 4. The maximum absolute atomic E-state index is 14.1. The zero-order valence-electron chi connectivity index (χ0n) is 37.5. The molecule has 0 fully saturated rings. The molecular formula is C44H69FN6O9. The third kappa shape index (κ3) is 15.0. The Labute approximate surface area is 355 Å². The van der Waals surface area contributed by atoms with Crippen molar-refractivity contribution in [3.8, 4) is 0 Å². The van der Waals surface area contributed by atoms with Gasteiger partial charge in [0.05, 0.1) is 6.54 Å². The molecule has 5 amide bonds. The Balaban J connectivity index is 2.62. The Morgan fingerprint density at radius 1 is 0.817 bits per heavy atom. The van der Waals surface area contributed by atoms with Crippen molar-refractivity contribution >= 4 is 41.5 Å². The summed E-state index contributed by atoms with van der Waals surface area (Å²) in [5.41, 5.74) is 7.34. The molecule has 1 heterocycles. The maximum atomic E-state index is 14.1. The van der Waals surface area contributed by atoms with Gasteiger partial charge in [-0.2, -0.15) is 0 Å². The molecule has 0 saturated heterocycles. The van der Waals surface area contributed by atoms with Crippen molar-refractivity contribution in [2.75, 3.05) is 20.6 Å². The SMILES string of the molecule is CCC(C)[C@@H]1NC(=O)CN(C)C(=O)[C@@H](Cc2ccc(F)cc2)N(C)C(=O)[C@H](C)NC(=O)[C@@H](CC(C)C)OC(=O)/C(C)=C/C[C@H](N)[C@H](C)[C@@H]([C@@H](C)CC)OC(=O)[C@@H](C)NC1=O. The highest BCUT2D eigenvalue weighted by Gasteiger charge is 2.37. The lowest BCUT2D eigenvalue weighted by atomic mass is 9.85. The minimum Gasteiger partial charge on any atom is -0.460 e. The second-order valence-corrected chi connectivity index (χ2v) is 16.8. The van der Waals surface area contributed by atoms with Crippen molar-refractivity contribution in [2.45, 2.75) is 144 Å². The summed E-state index contributed by atoms with van der Waals surface area (Å²) in [7, 11) is 2.75. The van der Waals surface area contributed by atoms with E-state index >= 15 is 0 Å². The lowest BCUT2D eigenvalue weighted by molar-refractivity contribution is -0.158. The smallest absolute Gasteiger partial charge is 0.334 e. The fraction of sp³-hybridized carbons (Fsp3) is 0.659. The first-order valence-electron chi connectivity index (χ1n) is 21.0. The average Bonchev–Trinajstić information content (AvgIpc) is 3.20. The number of nitrogens with one attached hydrogen (secondary N) is 3. The standard InChI is InChI=1S/C44H69FN6O9/c1-13-25(5)37-40(54)48-30(10)44(58)60-38(26(6)14-2)28(8)33(46)20-15-27(7)43(57)59-35(21-24(3)4)39(53)47-29(9)41(55)51(12)34(22-31-16-18-32(45)19-17-31)42(56)50(11)23-36(52)49-37/h15-19,24-26,28-30,33-35,37-38H,13-14,20-23,46H2,1-12H3,(H,47,53)(H,48,54)(H,49,52)/b27-15+/t25?,26-,28-,29-,30+,33-,34+,35+,37-,38+/m0/s1. The number of halogens is 1. The molecule has 60 heavy (non-hydrogen) atoms. The molecule has 1 aromatic rings. The second kappa shape index (κ2) is 23.8. The molecule has 336 valence electrons. The Morgan fingerprint density at radius 2 is 1.40 bits per heavy atom. The van der Waals surface area contributed by atoms with Gasteiger partial charge in [-0.05, 0) is 69.1 Å². The Hall–Kier alpha value is -4.86. The van der Waals surface area contributed by atoms with E-state index in [4.69, 9.17) is 15.2 Å². The summed E-state index contributed by atoms with van der Waals surface area (Å²) in [6.07, 6.45) is 1.13. The van der Waals surface area contributed by atoms with Crippen LogP contribution in [0.25, 0.3) is 0 Å². The highest BCUT2D eigenvalue weighted by molar-refractivity contribution is 5.96. The van der Waals surface area contributed by atoms with E-state index in [1.54, 1.807) is 19.9 Å². The molecule has 0 radical (unpaired) electrons. The van der Waals surface area contributed by atoms with Gasteiger partial charge in [0.15, 0.2) is 6.10 Å². The van der Waals surface area contributed by atoms with E-state index in [0.717, 1.165) is 9.80 Å². The van der Waals surface area contributed by atoms with Gasteiger partial charge in [0.25, 0.3) is 5.91 Å². The van der Waals surface area contributed by atoms with E-state index in [1.807, 2.05) is 41.5 Å². The van der Waals surface area contributed by atoms with Gasteiger partial charge in [0.2, 0.25) is 23.6 Å². The lowest BCUT2D eigenvalue weighted by Gasteiger charge is -2.34. The summed E-state index contributed by atoms with van der Waals surface area (Å²) >= 11 is 0. The number of amides is 5. The minimum absolute atomic E-state index is 0.0700. The summed E-state index contributed by atoms with van der Waals surface area (Å²) in [4.78, 5) is 98.0. The highest BCUT2D eigenvalue weighted by atomic mass is 19.1.